The van der Waals surface area contributed by atoms with Gasteiger partial charge in [-0.1, -0.05) is 70.4 Å². The van der Waals surface area contributed by atoms with Crippen LogP contribution in [0.25, 0.3) is 0 Å². The van der Waals surface area contributed by atoms with Crippen molar-refractivity contribution in [2.45, 2.75) is 96.8 Å². The van der Waals surface area contributed by atoms with Crippen LogP contribution in [0.4, 0.5) is 11.4 Å². The van der Waals surface area contributed by atoms with Crippen LogP contribution in [0.1, 0.15) is 107 Å². The SMILES string of the molecule is CCCCCC=CCCCCCCCCCCC(=O)O.O=C(O)c1cc([N+](=O)[O-])ccc1[N+](=O)[O-]. The molecule has 0 atom stereocenters. The molecule has 0 aliphatic heterocycles. The van der Waals surface area contributed by atoms with Crippen LogP contribution < -0.4 is 0 Å². The third-order valence-electron chi connectivity index (χ3n) is 5.27. The number of rotatable bonds is 18. The third kappa shape index (κ3) is 16.9. The maximum atomic E-state index is 10.6. The third-order valence-corrected chi connectivity index (χ3v) is 5.27. The number of non-ortho nitro benzene ring substituents is 1. The molecule has 2 N–H and O–H groups in total. The second kappa shape index (κ2) is 20.1. The Morgan fingerprint density at radius 3 is 1.77 bits per heavy atom. The Kier molecular flexibility index (Phi) is 18.2. The maximum absolute atomic E-state index is 10.6. The highest BCUT2D eigenvalue weighted by Crippen LogP contribution is 2.23. The molecule has 0 radical (unpaired) electrons. The highest BCUT2D eigenvalue weighted by Gasteiger charge is 2.23. The lowest BCUT2D eigenvalue weighted by atomic mass is 10.1. The molecular weight excluding hydrogens is 456 g/mol. The monoisotopic (exact) mass is 494 g/mol. The molecule has 0 unspecified atom stereocenters. The van der Waals surface area contributed by atoms with Crippen LogP contribution in [0.15, 0.2) is 30.4 Å². The summed E-state index contributed by atoms with van der Waals surface area (Å²) in [5, 5.41) is 37.8. The Morgan fingerprint density at radius 2 is 1.31 bits per heavy atom. The molecule has 0 spiro atoms. The lowest BCUT2D eigenvalue weighted by molar-refractivity contribution is -0.389. The molecule has 10 heteroatoms. The molecule has 0 bridgehead atoms. The van der Waals surface area contributed by atoms with Crippen LogP contribution >= 0.6 is 0 Å². The summed E-state index contributed by atoms with van der Waals surface area (Å²) in [5.41, 5.74) is -1.87. The van der Waals surface area contributed by atoms with Gasteiger partial charge in [0.1, 0.15) is 5.56 Å². The number of hydrogen-bond acceptors (Lipinski definition) is 6. The van der Waals surface area contributed by atoms with Crippen molar-refractivity contribution >= 4 is 23.3 Å². The van der Waals surface area contributed by atoms with Crippen LogP contribution in [0.3, 0.4) is 0 Å². The first-order chi connectivity index (χ1) is 16.7. The number of hydrogen-bond donors (Lipinski definition) is 2. The predicted molar refractivity (Wildman–Crippen MR) is 134 cm³/mol. The number of aliphatic carboxylic acids is 1. The van der Waals surface area contributed by atoms with Gasteiger partial charge in [0.05, 0.1) is 9.85 Å². The van der Waals surface area contributed by atoms with Gasteiger partial charge >= 0.3 is 11.9 Å². The number of nitro groups is 2. The highest BCUT2D eigenvalue weighted by molar-refractivity contribution is 5.93. The second-order valence-electron chi connectivity index (χ2n) is 8.25. The molecule has 0 amide bonds. The fourth-order valence-corrected chi connectivity index (χ4v) is 3.32. The fraction of sp³-hybridized carbons (Fsp3) is 0.600. The van der Waals surface area contributed by atoms with Crippen molar-refractivity contribution < 1.29 is 29.6 Å². The number of carboxylic acid groups (broad SMARTS) is 2. The van der Waals surface area contributed by atoms with E-state index in [0.29, 0.717) is 12.5 Å². The van der Waals surface area contributed by atoms with Crippen LogP contribution in [-0.4, -0.2) is 32.0 Å². The minimum Gasteiger partial charge on any atom is -0.481 e. The minimum absolute atomic E-state index is 0.338. The van der Waals surface area contributed by atoms with Gasteiger partial charge in [-0.3, -0.25) is 25.0 Å². The van der Waals surface area contributed by atoms with Gasteiger partial charge in [0.2, 0.25) is 0 Å². The summed E-state index contributed by atoms with van der Waals surface area (Å²) >= 11 is 0. The molecular formula is C25H38N2O8. The topological polar surface area (TPSA) is 161 Å². The molecule has 196 valence electrons. The van der Waals surface area contributed by atoms with Gasteiger partial charge < -0.3 is 10.2 Å². The number of unbranched alkanes of at least 4 members (excludes halogenated alkanes) is 11. The van der Waals surface area contributed by atoms with Crippen LogP contribution in [-0.2, 0) is 4.79 Å². The molecule has 0 aliphatic carbocycles. The molecule has 0 aliphatic rings. The van der Waals surface area contributed by atoms with E-state index in [1.54, 1.807) is 0 Å². The number of carboxylic acids is 2. The minimum atomic E-state index is -1.58. The largest absolute Gasteiger partial charge is 0.481 e. The Hall–Kier alpha value is -3.30. The summed E-state index contributed by atoms with van der Waals surface area (Å²) in [7, 11) is 0. The van der Waals surface area contributed by atoms with Gasteiger partial charge in [0, 0.05) is 24.6 Å². The summed E-state index contributed by atoms with van der Waals surface area (Å²) in [4.78, 5) is 39.8. The lowest BCUT2D eigenvalue weighted by Crippen LogP contribution is -2.03. The van der Waals surface area contributed by atoms with E-state index in [1.807, 2.05) is 0 Å². The predicted octanol–water partition coefficient (Wildman–Crippen LogP) is 7.31. The average Bonchev–Trinajstić information content (AvgIpc) is 2.81. The Balaban J connectivity index is 0.000000686. The van der Waals surface area contributed by atoms with Crippen molar-refractivity contribution in [3.8, 4) is 0 Å². The van der Waals surface area contributed by atoms with Crippen LogP contribution in [0, 0.1) is 20.2 Å². The molecule has 0 aromatic heterocycles. The number of benzene rings is 1. The Morgan fingerprint density at radius 1 is 0.800 bits per heavy atom. The zero-order valence-corrected chi connectivity index (χ0v) is 20.5. The maximum Gasteiger partial charge on any atom is 0.342 e. The number of carbonyl (C=O) groups is 2. The quantitative estimate of drug-likeness (QED) is 0.0928. The van der Waals surface area contributed by atoms with Gasteiger partial charge in [-0.15, -0.1) is 0 Å². The first kappa shape index (κ1) is 31.7. The zero-order chi connectivity index (χ0) is 26.5. The van der Waals surface area contributed by atoms with Crippen molar-refractivity contribution in [1.29, 1.82) is 0 Å². The molecule has 1 aromatic carbocycles. The van der Waals surface area contributed by atoms with Crippen molar-refractivity contribution in [3.63, 3.8) is 0 Å². The van der Waals surface area contributed by atoms with Gasteiger partial charge in [-0.05, 0) is 32.1 Å². The van der Waals surface area contributed by atoms with Crippen molar-refractivity contribution in [2.24, 2.45) is 0 Å². The first-order valence-corrected chi connectivity index (χ1v) is 12.2. The van der Waals surface area contributed by atoms with E-state index in [-0.39, 0.29) is 0 Å². The molecule has 0 heterocycles. The Labute approximate surface area is 206 Å². The van der Waals surface area contributed by atoms with Crippen LogP contribution in [0.5, 0.6) is 0 Å². The van der Waals surface area contributed by atoms with E-state index in [2.05, 4.69) is 19.1 Å². The zero-order valence-electron chi connectivity index (χ0n) is 20.5. The van der Waals surface area contributed by atoms with E-state index in [4.69, 9.17) is 10.2 Å². The van der Waals surface area contributed by atoms with E-state index in [9.17, 15) is 29.8 Å². The molecule has 0 fully saturated rings. The average molecular weight is 495 g/mol. The second-order valence-corrected chi connectivity index (χ2v) is 8.25. The summed E-state index contributed by atoms with van der Waals surface area (Å²) in [6, 6.07) is 2.33. The van der Waals surface area contributed by atoms with Crippen molar-refractivity contribution in [2.75, 3.05) is 0 Å². The van der Waals surface area contributed by atoms with E-state index in [1.165, 1.54) is 70.6 Å². The standard InChI is InChI=1S/C18H34O2.C7H4N2O6/c1-2-3-4-5-6-7-8-9-10-11-12-13-14-15-16-17-18(19)20;10-7(11)5-3-4(8(12)13)1-2-6(5)9(14)15/h6-7H,2-5,8-17H2,1H3,(H,19,20);1-3H,(H,10,11). The number of aromatic carboxylic acids is 1. The fourth-order valence-electron chi connectivity index (χ4n) is 3.32. The number of nitrogens with zero attached hydrogens (tertiary/aromatic N) is 2. The molecule has 35 heavy (non-hydrogen) atoms. The molecule has 10 nitrogen and oxygen atoms in total. The highest BCUT2D eigenvalue weighted by atomic mass is 16.6. The Bertz CT molecular complexity index is 824. The van der Waals surface area contributed by atoms with Gasteiger partial charge in [0.25, 0.3) is 11.4 Å². The van der Waals surface area contributed by atoms with E-state index >= 15 is 0 Å². The van der Waals surface area contributed by atoms with Gasteiger partial charge in [0.15, 0.2) is 0 Å². The normalized spacial score (nSPS) is 10.5. The smallest absolute Gasteiger partial charge is 0.342 e. The number of allylic oxidation sites excluding steroid dienone is 2. The number of nitro benzene ring substituents is 2. The van der Waals surface area contributed by atoms with Gasteiger partial charge in [-0.25, -0.2) is 4.79 Å². The van der Waals surface area contributed by atoms with E-state index in [0.717, 1.165) is 25.0 Å². The van der Waals surface area contributed by atoms with E-state index < -0.39 is 38.7 Å². The molecule has 0 saturated carbocycles. The van der Waals surface area contributed by atoms with Gasteiger partial charge in [-0.2, -0.15) is 0 Å². The summed E-state index contributed by atoms with van der Waals surface area (Å²) in [6.07, 6.45) is 21.2. The molecule has 0 saturated heterocycles. The summed E-state index contributed by atoms with van der Waals surface area (Å²) < 4.78 is 0. The van der Waals surface area contributed by atoms with Crippen molar-refractivity contribution in [3.05, 3.63) is 56.1 Å². The lowest BCUT2D eigenvalue weighted by Gasteiger charge is -2.00. The summed E-state index contributed by atoms with van der Waals surface area (Å²) in [6.45, 7) is 2.25. The van der Waals surface area contributed by atoms with Crippen LogP contribution in [0.2, 0.25) is 0 Å². The first-order valence-electron chi connectivity index (χ1n) is 12.2. The molecule has 1 rings (SSSR count). The van der Waals surface area contributed by atoms with Crippen molar-refractivity contribution in [1.82, 2.24) is 0 Å². The molecule has 1 aromatic rings. The summed E-state index contributed by atoms with van der Waals surface area (Å²) in [5.74, 6) is -2.24.